The molecular weight excluding hydrogens is 339 g/mol. The van der Waals surface area contributed by atoms with E-state index in [0.29, 0.717) is 14.5 Å². The fraction of sp³-hybridized carbons (Fsp3) is 0.217. The van der Waals surface area contributed by atoms with Gasteiger partial charge in [-0.3, -0.25) is 0 Å². The van der Waals surface area contributed by atoms with E-state index in [-0.39, 0.29) is 0 Å². The smallest absolute Gasteiger partial charge is 0.0797 e. The molecule has 0 fully saturated rings. The van der Waals surface area contributed by atoms with Gasteiger partial charge >= 0.3 is 0 Å². The van der Waals surface area contributed by atoms with E-state index in [2.05, 4.69) is 97.6 Å². The number of rotatable bonds is 8. The van der Waals surface area contributed by atoms with Crippen molar-refractivity contribution in [3.8, 4) is 0 Å². The molecule has 0 aromatic heterocycles. The maximum Gasteiger partial charge on any atom is 0.0797 e. The molecule has 3 aromatic carbocycles. The SMILES string of the molecule is SCc1ccc(C[PH2+]CCC(c2ccccc2)c2ccccc2)cc1. The summed E-state index contributed by atoms with van der Waals surface area (Å²) in [6.45, 7) is 0. The van der Waals surface area contributed by atoms with Gasteiger partial charge in [0.05, 0.1) is 12.3 Å². The average Bonchev–Trinajstić information content (AvgIpc) is 2.70. The van der Waals surface area contributed by atoms with E-state index in [1.54, 1.807) is 0 Å². The summed E-state index contributed by atoms with van der Waals surface area (Å²) in [7, 11) is 0.447. The van der Waals surface area contributed by atoms with E-state index >= 15 is 0 Å². The van der Waals surface area contributed by atoms with Crippen LogP contribution < -0.4 is 0 Å². The Morgan fingerprint density at radius 1 is 0.680 bits per heavy atom. The van der Waals surface area contributed by atoms with Gasteiger partial charge in [0.15, 0.2) is 0 Å². The van der Waals surface area contributed by atoms with E-state index in [9.17, 15) is 0 Å². The van der Waals surface area contributed by atoms with Crippen LogP contribution in [0.2, 0.25) is 0 Å². The van der Waals surface area contributed by atoms with Gasteiger partial charge in [-0.1, -0.05) is 84.9 Å². The zero-order chi connectivity index (χ0) is 17.3. The molecule has 2 heteroatoms. The highest BCUT2D eigenvalue weighted by atomic mass is 32.1. The summed E-state index contributed by atoms with van der Waals surface area (Å²) in [5, 5.41) is 0. The Hall–Kier alpha value is -1.56. The summed E-state index contributed by atoms with van der Waals surface area (Å²) in [4.78, 5) is 0. The van der Waals surface area contributed by atoms with E-state index < -0.39 is 0 Å². The second-order valence-electron chi connectivity index (χ2n) is 6.42. The molecule has 3 aromatic rings. The van der Waals surface area contributed by atoms with Crippen LogP contribution in [-0.2, 0) is 11.9 Å². The summed E-state index contributed by atoms with van der Waals surface area (Å²) < 4.78 is 0. The topological polar surface area (TPSA) is 0 Å². The van der Waals surface area contributed by atoms with Gasteiger partial charge in [-0.05, 0) is 37.3 Å². The highest BCUT2D eigenvalue weighted by Crippen LogP contribution is 2.31. The van der Waals surface area contributed by atoms with Crippen LogP contribution in [0.25, 0.3) is 0 Å². The molecule has 25 heavy (non-hydrogen) atoms. The molecule has 0 radical (unpaired) electrons. The van der Waals surface area contributed by atoms with Crippen molar-refractivity contribution < 1.29 is 0 Å². The third-order valence-electron chi connectivity index (χ3n) is 4.65. The normalized spacial score (nSPS) is 11.4. The van der Waals surface area contributed by atoms with Crippen LogP contribution in [-0.4, -0.2) is 6.16 Å². The molecule has 0 aliphatic carbocycles. The highest BCUT2D eigenvalue weighted by molar-refractivity contribution is 7.79. The van der Waals surface area contributed by atoms with Gasteiger partial charge < -0.3 is 0 Å². The average molecular weight is 366 g/mol. The Morgan fingerprint density at radius 2 is 1.20 bits per heavy atom. The predicted molar refractivity (Wildman–Crippen MR) is 117 cm³/mol. The highest BCUT2D eigenvalue weighted by Gasteiger charge is 2.14. The lowest BCUT2D eigenvalue weighted by Gasteiger charge is -2.16. The monoisotopic (exact) mass is 365 g/mol. The molecule has 0 amide bonds. The molecule has 0 aliphatic rings. The van der Waals surface area contributed by atoms with E-state index in [4.69, 9.17) is 0 Å². The molecule has 0 nitrogen and oxygen atoms in total. The lowest BCUT2D eigenvalue weighted by molar-refractivity contribution is 0.783. The van der Waals surface area contributed by atoms with E-state index in [0.717, 1.165) is 5.75 Å². The van der Waals surface area contributed by atoms with Gasteiger partial charge in [0, 0.05) is 11.7 Å². The van der Waals surface area contributed by atoms with Crippen LogP contribution in [0, 0.1) is 0 Å². The maximum absolute atomic E-state index is 4.33. The van der Waals surface area contributed by atoms with Gasteiger partial charge in [0.25, 0.3) is 0 Å². The van der Waals surface area contributed by atoms with Crippen molar-refractivity contribution in [2.75, 3.05) is 6.16 Å². The Balaban J connectivity index is 1.59. The standard InChI is InChI=1S/C23H25PS/c25-18-20-13-11-19(12-14-20)17-24-16-15-23(21-7-3-1-4-8-21)22-9-5-2-6-10-22/h1-14,23-25H,15-18H2/p+1. The second kappa shape index (κ2) is 9.80. The molecule has 1 unspecified atom stereocenters. The fourth-order valence-electron chi connectivity index (χ4n) is 3.23. The maximum atomic E-state index is 4.33. The first kappa shape index (κ1) is 18.2. The van der Waals surface area contributed by atoms with Crippen LogP contribution in [0.3, 0.4) is 0 Å². The van der Waals surface area contributed by atoms with Gasteiger partial charge in [-0.25, -0.2) is 0 Å². The first-order valence-corrected chi connectivity index (χ1v) is 11.2. The zero-order valence-electron chi connectivity index (χ0n) is 14.5. The van der Waals surface area contributed by atoms with Crippen molar-refractivity contribution in [1.82, 2.24) is 0 Å². The molecule has 1 atom stereocenters. The molecule has 0 saturated heterocycles. The van der Waals surface area contributed by atoms with Crippen molar-refractivity contribution in [3.05, 3.63) is 107 Å². The summed E-state index contributed by atoms with van der Waals surface area (Å²) in [6, 6.07) is 30.8. The van der Waals surface area contributed by atoms with Gasteiger partial charge in [0.2, 0.25) is 0 Å². The zero-order valence-corrected chi connectivity index (χ0v) is 16.6. The summed E-state index contributed by atoms with van der Waals surface area (Å²) in [5.74, 6) is 1.34. The van der Waals surface area contributed by atoms with Crippen LogP contribution in [0.4, 0.5) is 0 Å². The minimum atomic E-state index is 0.447. The molecule has 0 spiro atoms. The van der Waals surface area contributed by atoms with Crippen molar-refractivity contribution in [2.24, 2.45) is 0 Å². The minimum absolute atomic E-state index is 0.447. The molecule has 0 saturated carbocycles. The van der Waals surface area contributed by atoms with E-state index in [1.165, 1.54) is 41.0 Å². The Kier molecular flexibility index (Phi) is 7.15. The number of hydrogen-bond acceptors (Lipinski definition) is 1. The molecule has 0 N–H and O–H groups in total. The van der Waals surface area contributed by atoms with Gasteiger partial charge in [-0.15, -0.1) is 0 Å². The van der Waals surface area contributed by atoms with Gasteiger partial charge in [-0.2, -0.15) is 12.6 Å². The third-order valence-corrected chi connectivity index (χ3v) is 6.52. The Bertz CT molecular complexity index is 699. The summed E-state index contributed by atoms with van der Waals surface area (Å²) in [5.41, 5.74) is 5.64. The quantitative estimate of drug-likeness (QED) is 0.272. The van der Waals surface area contributed by atoms with E-state index in [1.807, 2.05) is 0 Å². The van der Waals surface area contributed by atoms with Crippen LogP contribution in [0.5, 0.6) is 0 Å². The van der Waals surface area contributed by atoms with Crippen molar-refractivity contribution in [2.45, 2.75) is 24.3 Å². The fourth-order valence-corrected chi connectivity index (χ4v) is 4.82. The molecular formula is C23H26PS+. The lowest BCUT2D eigenvalue weighted by atomic mass is 9.89. The van der Waals surface area contributed by atoms with Crippen LogP contribution in [0.1, 0.15) is 34.6 Å². The molecule has 3 rings (SSSR count). The van der Waals surface area contributed by atoms with Crippen molar-refractivity contribution >= 4 is 21.2 Å². The minimum Gasteiger partial charge on any atom is -0.175 e. The Morgan fingerprint density at radius 3 is 1.72 bits per heavy atom. The molecule has 0 aliphatic heterocycles. The number of hydrogen-bond donors (Lipinski definition) is 1. The first-order valence-electron chi connectivity index (χ1n) is 8.97. The molecule has 128 valence electrons. The van der Waals surface area contributed by atoms with Crippen molar-refractivity contribution in [1.29, 1.82) is 0 Å². The largest absolute Gasteiger partial charge is 0.175 e. The molecule has 0 heterocycles. The number of thiol groups is 1. The summed E-state index contributed by atoms with van der Waals surface area (Å²) >= 11 is 4.33. The summed E-state index contributed by atoms with van der Waals surface area (Å²) in [6.07, 6.45) is 3.80. The van der Waals surface area contributed by atoms with Crippen LogP contribution >= 0.6 is 21.2 Å². The predicted octanol–water partition coefficient (Wildman–Crippen LogP) is 6.25. The van der Waals surface area contributed by atoms with Crippen LogP contribution in [0.15, 0.2) is 84.9 Å². The number of benzene rings is 3. The lowest BCUT2D eigenvalue weighted by Crippen LogP contribution is -2.02. The molecule has 0 bridgehead atoms. The Labute approximate surface area is 158 Å². The van der Waals surface area contributed by atoms with Gasteiger partial charge in [0.1, 0.15) is 0 Å². The van der Waals surface area contributed by atoms with Crippen molar-refractivity contribution in [3.63, 3.8) is 0 Å². The second-order valence-corrected chi connectivity index (χ2v) is 8.30. The third kappa shape index (κ3) is 5.46. The first-order chi connectivity index (χ1) is 12.4.